The normalized spacial score (nSPS) is 34.6. The van der Waals surface area contributed by atoms with Crippen molar-refractivity contribution in [2.24, 2.45) is 0 Å². The molecule has 58 valence electrons. The molecule has 2 atom stereocenters. The summed E-state index contributed by atoms with van der Waals surface area (Å²) in [5.41, 5.74) is 0. The average Bonchev–Trinajstić information content (AvgIpc) is 2.14. The molecule has 2 N–H and O–H groups in total. The van der Waals surface area contributed by atoms with Gasteiger partial charge in [-0.05, 0) is 19.9 Å². The second-order valence-corrected chi connectivity index (χ2v) is 2.58. The molecule has 0 amide bonds. The molecular formula is C6H11NO3. The summed E-state index contributed by atoms with van der Waals surface area (Å²) < 4.78 is 0. The molecule has 0 aromatic carbocycles. The van der Waals surface area contributed by atoms with Crippen LogP contribution in [0.5, 0.6) is 0 Å². The molecular weight excluding hydrogens is 134 g/mol. The van der Waals surface area contributed by atoms with Gasteiger partial charge in [0.05, 0.1) is 0 Å². The Bertz CT molecular complexity index is 148. The van der Waals surface area contributed by atoms with Gasteiger partial charge in [-0.2, -0.15) is 0 Å². The Morgan fingerprint density at radius 2 is 2.20 bits per heavy atom. The molecule has 0 aromatic heterocycles. The van der Waals surface area contributed by atoms with E-state index in [-0.39, 0.29) is 0 Å². The van der Waals surface area contributed by atoms with E-state index in [2.05, 4.69) is 0 Å². The minimum Gasteiger partial charge on any atom is -0.480 e. The SMILES string of the molecule is CN1C(C(=O)O)CC[C@@H]1O. The van der Waals surface area contributed by atoms with Crippen molar-refractivity contribution in [3.63, 3.8) is 0 Å². The second-order valence-electron chi connectivity index (χ2n) is 2.58. The van der Waals surface area contributed by atoms with Crippen LogP contribution in [0, 0.1) is 0 Å². The van der Waals surface area contributed by atoms with Crippen molar-refractivity contribution in [1.29, 1.82) is 0 Å². The first-order chi connectivity index (χ1) is 4.63. The summed E-state index contributed by atoms with van der Waals surface area (Å²) in [5.74, 6) is -0.848. The number of hydrogen-bond donors (Lipinski definition) is 2. The first-order valence-electron chi connectivity index (χ1n) is 3.25. The van der Waals surface area contributed by atoms with Crippen molar-refractivity contribution in [2.45, 2.75) is 25.1 Å². The van der Waals surface area contributed by atoms with E-state index in [0.29, 0.717) is 12.8 Å². The third kappa shape index (κ3) is 1.12. The van der Waals surface area contributed by atoms with Crippen LogP contribution in [0.25, 0.3) is 0 Å². The Balaban J connectivity index is 2.57. The van der Waals surface area contributed by atoms with Crippen LogP contribution in [-0.2, 0) is 4.79 Å². The number of hydrogen-bond acceptors (Lipinski definition) is 3. The maximum absolute atomic E-state index is 10.4. The lowest BCUT2D eigenvalue weighted by molar-refractivity contribution is -0.143. The zero-order valence-electron chi connectivity index (χ0n) is 5.82. The molecule has 1 aliphatic heterocycles. The van der Waals surface area contributed by atoms with E-state index >= 15 is 0 Å². The number of rotatable bonds is 1. The van der Waals surface area contributed by atoms with Gasteiger partial charge in [-0.15, -0.1) is 0 Å². The fourth-order valence-corrected chi connectivity index (χ4v) is 1.22. The number of aliphatic hydroxyl groups is 1. The topological polar surface area (TPSA) is 60.8 Å². The Morgan fingerprint density at radius 1 is 1.60 bits per heavy atom. The summed E-state index contributed by atoms with van der Waals surface area (Å²) >= 11 is 0. The van der Waals surface area contributed by atoms with Crippen LogP contribution in [0.3, 0.4) is 0 Å². The van der Waals surface area contributed by atoms with E-state index < -0.39 is 18.2 Å². The third-order valence-electron chi connectivity index (χ3n) is 1.95. The first-order valence-corrected chi connectivity index (χ1v) is 3.25. The highest BCUT2D eigenvalue weighted by atomic mass is 16.4. The standard InChI is InChI=1S/C6H11NO3/c1-7-4(6(9)10)2-3-5(7)8/h4-5,8H,2-3H2,1H3,(H,9,10)/t4?,5-/m0/s1. The molecule has 1 aliphatic rings. The van der Waals surface area contributed by atoms with Gasteiger partial charge in [0.25, 0.3) is 0 Å². The van der Waals surface area contributed by atoms with Gasteiger partial charge >= 0.3 is 5.97 Å². The first kappa shape index (κ1) is 7.50. The molecule has 1 fully saturated rings. The molecule has 1 saturated heterocycles. The molecule has 0 spiro atoms. The van der Waals surface area contributed by atoms with Gasteiger partial charge in [-0.25, -0.2) is 0 Å². The van der Waals surface area contributed by atoms with E-state index in [1.807, 2.05) is 0 Å². The van der Waals surface area contributed by atoms with Gasteiger partial charge in [-0.1, -0.05) is 0 Å². The molecule has 0 aromatic rings. The monoisotopic (exact) mass is 145 g/mol. The molecule has 4 nitrogen and oxygen atoms in total. The molecule has 10 heavy (non-hydrogen) atoms. The average molecular weight is 145 g/mol. The highest BCUT2D eigenvalue weighted by Crippen LogP contribution is 2.19. The predicted molar refractivity (Wildman–Crippen MR) is 34.4 cm³/mol. The van der Waals surface area contributed by atoms with Crippen LogP contribution >= 0.6 is 0 Å². The van der Waals surface area contributed by atoms with Crippen molar-refractivity contribution in [1.82, 2.24) is 4.90 Å². The lowest BCUT2D eigenvalue weighted by atomic mass is 10.2. The summed E-state index contributed by atoms with van der Waals surface area (Å²) in [6.07, 6.45) is 0.543. The number of likely N-dealkylation sites (N-methyl/N-ethyl adjacent to an activating group) is 1. The molecule has 0 aliphatic carbocycles. The maximum Gasteiger partial charge on any atom is 0.320 e. The Kier molecular flexibility index (Phi) is 1.92. The smallest absolute Gasteiger partial charge is 0.320 e. The summed E-state index contributed by atoms with van der Waals surface area (Å²) in [4.78, 5) is 11.9. The highest BCUT2D eigenvalue weighted by molar-refractivity contribution is 5.73. The molecule has 0 bridgehead atoms. The Labute approximate surface area is 59.1 Å². The summed E-state index contributed by atoms with van der Waals surface area (Å²) in [6, 6.07) is -0.491. The van der Waals surface area contributed by atoms with Crippen LogP contribution in [-0.4, -0.2) is 40.4 Å². The van der Waals surface area contributed by atoms with Crippen molar-refractivity contribution in [2.75, 3.05) is 7.05 Å². The fraction of sp³-hybridized carbons (Fsp3) is 0.833. The quantitative estimate of drug-likeness (QED) is 0.521. The summed E-state index contributed by atoms with van der Waals surface area (Å²) in [6.45, 7) is 0. The molecule has 1 unspecified atom stereocenters. The van der Waals surface area contributed by atoms with Crippen molar-refractivity contribution in [3.8, 4) is 0 Å². The molecule has 0 saturated carbocycles. The maximum atomic E-state index is 10.4. The van der Waals surface area contributed by atoms with Crippen molar-refractivity contribution in [3.05, 3.63) is 0 Å². The van der Waals surface area contributed by atoms with Crippen LogP contribution in [0.4, 0.5) is 0 Å². The van der Waals surface area contributed by atoms with Gasteiger partial charge in [0, 0.05) is 0 Å². The van der Waals surface area contributed by atoms with Gasteiger partial charge in [0.15, 0.2) is 0 Å². The molecule has 0 radical (unpaired) electrons. The van der Waals surface area contributed by atoms with Gasteiger partial charge in [-0.3, -0.25) is 9.69 Å². The van der Waals surface area contributed by atoms with Gasteiger partial charge < -0.3 is 10.2 Å². The predicted octanol–water partition coefficient (Wildman–Crippen LogP) is -0.516. The minimum absolute atomic E-state index is 0.491. The number of aliphatic carboxylic acids is 1. The van der Waals surface area contributed by atoms with Crippen molar-refractivity contribution >= 4 is 5.97 Å². The largest absolute Gasteiger partial charge is 0.480 e. The van der Waals surface area contributed by atoms with E-state index in [9.17, 15) is 4.79 Å². The fourth-order valence-electron chi connectivity index (χ4n) is 1.22. The molecule has 4 heteroatoms. The summed E-state index contributed by atoms with van der Waals surface area (Å²) in [5, 5.41) is 17.6. The van der Waals surface area contributed by atoms with E-state index in [1.54, 1.807) is 7.05 Å². The van der Waals surface area contributed by atoms with Gasteiger partial charge in [0.2, 0.25) is 0 Å². The summed E-state index contributed by atoms with van der Waals surface area (Å²) in [7, 11) is 1.62. The van der Waals surface area contributed by atoms with E-state index in [4.69, 9.17) is 10.2 Å². The Hall–Kier alpha value is -0.610. The molecule has 1 rings (SSSR count). The van der Waals surface area contributed by atoms with Crippen molar-refractivity contribution < 1.29 is 15.0 Å². The van der Waals surface area contributed by atoms with Gasteiger partial charge in [0.1, 0.15) is 12.3 Å². The lowest BCUT2D eigenvalue weighted by Gasteiger charge is -2.17. The molecule has 1 heterocycles. The van der Waals surface area contributed by atoms with E-state index in [0.717, 1.165) is 0 Å². The number of aliphatic hydroxyl groups excluding tert-OH is 1. The van der Waals surface area contributed by atoms with E-state index in [1.165, 1.54) is 4.90 Å². The highest BCUT2D eigenvalue weighted by Gasteiger charge is 2.33. The zero-order valence-corrected chi connectivity index (χ0v) is 5.82. The third-order valence-corrected chi connectivity index (χ3v) is 1.95. The Morgan fingerprint density at radius 3 is 2.40 bits per heavy atom. The van der Waals surface area contributed by atoms with Crippen LogP contribution in [0.15, 0.2) is 0 Å². The lowest BCUT2D eigenvalue weighted by Crippen LogP contribution is -2.37. The zero-order chi connectivity index (χ0) is 7.72. The van der Waals surface area contributed by atoms with Crippen LogP contribution < -0.4 is 0 Å². The number of carbonyl (C=O) groups is 1. The van der Waals surface area contributed by atoms with Crippen LogP contribution in [0.2, 0.25) is 0 Å². The number of nitrogens with zero attached hydrogens (tertiary/aromatic N) is 1. The second kappa shape index (κ2) is 2.56. The minimum atomic E-state index is -0.848. The number of carboxylic acids is 1. The van der Waals surface area contributed by atoms with Crippen LogP contribution in [0.1, 0.15) is 12.8 Å². The number of carboxylic acid groups (broad SMARTS) is 1. The number of likely N-dealkylation sites (tertiary alicyclic amines) is 1.